The van der Waals surface area contributed by atoms with Crippen LogP contribution in [-0.4, -0.2) is 12.7 Å². The van der Waals surface area contributed by atoms with Crippen LogP contribution >= 0.6 is 0 Å². The van der Waals surface area contributed by atoms with Crippen LogP contribution in [0.3, 0.4) is 0 Å². The summed E-state index contributed by atoms with van der Waals surface area (Å²) in [6, 6.07) is 6.97. The van der Waals surface area contributed by atoms with Crippen LogP contribution in [0.15, 0.2) is 46.7 Å². The first-order chi connectivity index (χ1) is 15.4. The van der Waals surface area contributed by atoms with E-state index in [-0.39, 0.29) is 17.2 Å². The summed E-state index contributed by atoms with van der Waals surface area (Å²) in [4.78, 5) is 12.4. The molecule has 0 N–H and O–H groups in total. The summed E-state index contributed by atoms with van der Waals surface area (Å²) in [6.07, 6.45) is -10.6. The number of nitriles is 2. The van der Waals surface area contributed by atoms with Crippen molar-refractivity contribution >= 4 is 17.5 Å². The van der Waals surface area contributed by atoms with E-state index in [1.54, 1.807) is 19.1 Å². The zero-order valence-corrected chi connectivity index (χ0v) is 16.7. The minimum absolute atomic E-state index is 0.168. The highest BCUT2D eigenvalue weighted by Gasteiger charge is 2.33. The molecule has 0 radical (unpaired) electrons. The predicted molar refractivity (Wildman–Crippen MR) is 101 cm³/mol. The normalized spacial score (nSPS) is 11.7. The van der Waals surface area contributed by atoms with Crippen LogP contribution in [0.2, 0.25) is 0 Å². The van der Waals surface area contributed by atoms with Crippen LogP contribution in [0.1, 0.15) is 35.6 Å². The molecule has 0 aliphatic carbocycles. The second kappa shape index (κ2) is 9.99. The van der Waals surface area contributed by atoms with Gasteiger partial charge in [0, 0.05) is 0 Å². The summed E-state index contributed by atoms with van der Waals surface area (Å²) in [5.41, 5.74) is -4.43. The first kappa shape index (κ1) is 25.1. The third kappa shape index (κ3) is 6.20. The molecule has 0 atom stereocenters. The number of amides is 1. The number of alkyl halides is 6. The Morgan fingerprint density at radius 2 is 1.52 bits per heavy atom. The highest BCUT2D eigenvalue weighted by molar-refractivity contribution is 5.88. The van der Waals surface area contributed by atoms with Crippen molar-refractivity contribution in [1.29, 1.82) is 10.5 Å². The second-order valence-electron chi connectivity index (χ2n) is 6.30. The molecule has 1 amide bonds. The van der Waals surface area contributed by atoms with Gasteiger partial charge in [0.2, 0.25) is 0 Å². The van der Waals surface area contributed by atoms with Gasteiger partial charge in [0.25, 0.3) is 0 Å². The van der Waals surface area contributed by atoms with E-state index in [0.717, 1.165) is 12.1 Å². The summed E-state index contributed by atoms with van der Waals surface area (Å²) in [5.74, 6) is 0. The Balaban J connectivity index is 2.65. The van der Waals surface area contributed by atoms with Gasteiger partial charge in [-0.15, -0.1) is 10.1 Å². The molecular weight excluding hydrogens is 456 g/mol. The number of carbonyl (C=O) groups excluding carboxylic acids is 1. The fourth-order valence-electron chi connectivity index (χ4n) is 2.39. The third-order valence-corrected chi connectivity index (χ3v) is 3.96. The van der Waals surface area contributed by atoms with Crippen LogP contribution in [-0.2, 0) is 17.1 Å². The number of nitrogens with zero attached hydrogens (tertiary/aromatic N) is 5. The van der Waals surface area contributed by atoms with Crippen molar-refractivity contribution in [3.8, 4) is 12.1 Å². The summed E-state index contributed by atoms with van der Waals surface area (Å²) >= 11 is 0. The average molecular weight is 469 g/mol. The minimum atomic E-state index is -4.84. The molecule has 33 heavy (non-hydrogen) atoms. The lowest BCUT2D eigenvalue weighted by Gasteiger charge is -2.18. The van der Waals surface area contributed by atoms with Gasteiger partial charge in [-0.25, -0.2) is 4.79 Å². The molecule has 2 aromatic carbocycles. The van der Waals surface area contributed by atoms with Gasteiger partial charge in [-0.2, -0.15) is 36.9 Å². The molecule has 0 fully saturated rings. The van der Waals surface area contributed by atoms with Crippen LogP contribution in [0, 0.1) is 22.7 Å². The fraction of sp³-hybridized carbons (Fsp3) is 0.250. The van der Waals surface area contributed by atoms with E-state index in [9.17, 15) is 36.4 Å². The predicted octanol–water partition coefficient (Wildman–Crippen LogP) is 6.52. The van der Waals surface area contributed by atoms with Crippen LogP contribution < -0.4 is 5.01 Å². The highest BCUT2D eigenvalue weighted by Crippen LogP contribution is 2.35. The number of carbonyl (C=O) groups is 1. The molecule has 0 saturated heterocycles. The number of anilines is 1. The molecule has 0 heterocycles. The zero-order valence-electron chi connectivity index (χ0n) is 16.7. The lowest BCUT2D eigenvalue weighted by atomic mass is 10.1. The number of ether oxygens (including phenoxy) is 1. The Kier molecular flexibility index (Phi) is 7.61. The molecular formula is C20H13F6N5O2. The maximum absolute atomic E-state index is 13.2. The number of hydrogen-bond acceptors (Lipinski definition) is 6. The van der Waals surface area contributed by atoms with Crippen LogP contribution in [0.25, 0.3) is 0 Å². The largest absolute Gasteiger partial charge is 0.448 e. The maximum Gasteiger partial charge on any atom is 0.436 e. The Bertz CT molecular complexity index is 1150. The van der Waals surface area contributed by atoms with Crippen molar-refractivity contribution in [1.82, 2.24) is 0 Å². The van der Waals surface area contributed by atoms with Crippen molar-refractivity contribution < 1.29 is 35.9 Å². The average Bonchev–Trinajstić information content (AvgIpc) is 2.76. The van der Waals surface area contributed by atoms with Crippen molar-refractivity contribution in [2.75, 3.05) is 11.6 Å². The van der Waals surface area contributed by atoms with Gasteiger partial charge in [0.05, 0.1) is 34.5 Å². The molecule has 0 spiro atoms. The maximum atomic E-state index is 13.2. The monoisotopic (exact) mass is 469 g/mol. The topological polar surface area (TPSA) is 102 Å². The Hall–Kier alpha value is -4.13. The summed E-state index contributed by atoms with van der Waals surface area (Å²) in [7, 11) is 0. The standard InChI is InChI=1S/C20H13F6N5O2/c1-2-7-33-18(32)31(17-9-15(20(24,25)26)6-4-13(17)11-28)30-29-16-8-14(19(21,22)23)5-3-12(16)10-27/h3-6,8-9H,2,7H2,1H3. The van der Waals surface area contributed by atoms with Gasteiger partial charge in [-0.3, -0.25) is 0 Å². The molecule has 0 saturated carbocycles. The van der Waals surface area contributed by atoms with Crippen molar-refractivity contribution in [3.05, 3.63) is 58.7 Å². The van der Waals surface area contributed by atoms with E-state index in [1.165, 1.54) is 0 Å². The van der Waals surface area contributed by atoms with Crippen molar-refractivity contribution in [3.63, 3.8) is 0 Å². The summed E-state index contributed by atoms with van der Waals surface area (Å²) in [5, 5.41) is 25.5. The molecule has 0 aliphatic heterocycles. The van der Waals surface area contributed by atoms with Crippen LogP contribution in [0.5, 0.6) is 0 Å². The number of benzene rings is 2. The van der Waals surface area contributed by atoms with Gasteiger partial charge in [0.15, 0.2) is 0 Å². The van der Waals surface area contributed by atoms with E-state index in [2.05, 4.69) is 10.3 Å². The van der Waals surface area contributed by atoms with E-state index in [4.69, 9.17) is 10.00 Å². The number of hydrogen-bond donors (Lipinski definition) is 0. The number of halogens is 6. The first-order valence-corrected chi connectivity index (χ1v) is 9.03. The molecule has 0 aliphatic rings. The molecule has 2 aromatic rings. The lowest BCUT2D eigenvalue weighted by molar-refractivity contribution is -0.138. The smallest absolute Gasteiger partial charge is 0.436 e. The van der Waals surface area contributed by atoms with Crippen LogP contribution in [0.4, 0.5) is 42.5 Å². The molecule has 0 aromatic heterocycles. The molecule has 7 nitrogen and oxygen atoms in total. The van der Waals surface area contributed by atoms with Gasteiger partial charge in [-0.1, -0.05) is 12.1 Å². The molecule has 172 valence electrons. The SMILES string of the molecule is CCCOC(=O)N(N=Nc1cc(C(F)(F)F)ccc1C#N)c1cc(C(F)(F)F)ccc1C#N. The van der Waals surface area contributed by atoms with E-state index >= 15 is 0 Å². The zero-order chi connectivity index (χ0) is 24.8. The Labute approximate surface area is 183 Å². The quantitative estimate of drug-likeness (QED) is 0.283. The third-order valence-electron chi connectivity index (χ3n) is 3.96. The lowest BCUT2D eigenvalue weighted by Crippen LogP contribution is -2.27. The Morgan fingerprint density at radius 3 is 2.03 bits per heavy atom. The van der Waals surface area contributed by atoms with E-state index in [0.29, 0.717) is 30.7 Å². The van der Waals surface area contributed by atoms with Gasteiger partial charge in [-0.05, 0) is 42.8 Å². The van der Waals surface area contributed by atoms with Gasteiger partial charge >= 0.3 is 18.4 Å². The summed E-state index contributed by atoms with van der Waals surface area (Å²) in [6.45, 7) is 1.46. The van der Waals surface area contributed by atoms with Gasteiger partial charge in [0.1, 0.15) is 17.8 Å². The second-order valence-corrected chi connectivity index (χ2v) is 6.30. The minimum Gasteiger partial charge on any atom is -0.448 e. The molecule has 0 unspecified atom stereocenters. The van der Waals surface area contributed by atoms with E-state index < -0.39 is 46.5 Å². The van der Waals surface area contributed by atoms with Crippen molar-refractivity contribution in [2.45, 2.75) is 25.7 Å². The highest BCUT2D eigenvalue weighted by atomic mass is 19.4. The van der Waals surface area contributed by atoms with Crippen molar-refractivity contribution in [2.24, 2.45) is 10.3 Å². The van der Waals surface area contributed by atoms with Gasteiger partial charge < -0.3 is 4.74 Å². The van der Waals surface area contributed by atoms with E-state index in [1.807, 2.05) is 0 Å². The fourth-order valence-corrected chi connectivity index (χ4v) is 2.39. The molecule has 0 bridgehead atoms. The molecule has 13 heteroatoms. The summed E-state index contributed by atoms with van der Waals surface area (Å²) < 4.78 is 83.4. The Morgan fingerprint density at radius 1 is 0.970 bits per heavy atom. The number of rotatable bonds is 5. The first-order valence-electron chi connectivity index (χ1n) is 9.03. The molecule has 2 rings (SSSR count).